The van der Waals surface area contributed by atoms with Crippen LogP contribution in [0.25, 0.3) is 5.57 Å². The van der Waals surface area contributed by atoms with Gasteiger partial charge in [0.05, 0.1) is 4.92 Å². The number of benzene rings is 1. The van der Waals surface area contributed by atoms with E-state index in [4.69, 9.17) is 0 Å². The van der Waals surface area contributed by atoms with E-state index >= 15 is 0 Å². The van der Waals surface area contributed by atoms with Crippen LogP contribution in [0.3, 0.4) is 0 Å². The van der Waals surface area contributed by atoms with Crippen molar-refractivity contribution in [3.63, 3.8) is 0 Å². The predicted molar refractivity (Wildman–Crippen MR) is 73.3 cm³/mol. The number of likely N-dealkylation sites (N-methyl/N-ethyl adjacent to an activating group) is 1. The van der Waals surface area contributed by atoms with E-state index in [0.717, 1.165) is 17.7 Å². The second-order valence-corrected chi connectivity index (χ2v) is 4.66. The van der Waals surface area contributed by atoms with Gasteiger partial charge in [-0.25, -0.2) is 0 Å². The lowest BCUT2D eigenvalue weighted by Gasteiger charge is -2.16. The maximum atomic E-state index is 10.6. The van der Waals surface area contributed by atoms with E-state index < -0.39 is 0 Å². The molecule has 0 spiro atoms. The van der Waals surface area contributed by atoms with Crippen LogP contribution in [0.4, 0.5) is 5.69 Å². The fourth-order valence-corrected chi connectivity index (χ4v) is 1.66. The van der Waals surface area contributed by atoms with Gasteiger partial charge in [0.25, 0.3) is 5.69 Å². The van der Waals surface area contributed by atoms with Crippen LogP contribution >= 0.6 is 0 Å². The zero-order valence-corrected chi connectivity index (χ0v) is 11.3. The highest BCUT2D eigenvalue weighted by Gasteiger charge is 2.08. The van der Waals surface area contributed by atoms with Crippen molar-refractivity contribution < 1.29 is 4.92 Å². The van der Waals surface area contributed by atoms with Gasteiger partial charge in [0, 0.05) is 39.0 Å². The summed E-state index contributed by atoms with van der Waals surface area (Å²) in [6.07, 6.45) is 2.03. The summed E-state index contributed by atoms with van der Waals surface area (Å²) in [6, 6.07) is 6.65. The Morgan fingerprint density at radius 3 is 2.17 bits per heavy atom. The van der Waals surface area contributed by atoms with Crippen LogP contribution in [0.2, 0.25) is 0 Å². The minimum absolute atomic E-state index is 0.118. The molecule has 0 saturated heterocycles. The van der Waals surface area contributed by atoms with Gasteiger partial charge in [-0.3, -0.25) is 10.1 Å². The smallest absolute Gasteiger partial charge is 0.269 e. The topological polar surface area (TPSA) is 49.6 Å². The van der Waals surface area contributed by atoms with Gasteiger partial charge < -0.3 is 9.80 Å². The highest BCUT2D eigenvalue weighted by Crippen LogP contribution is 2.19. The van der Waals surface area contributed by atoms with Crippen LogP contribution < -0.4 is 0 Å². The second-order valence-electron chi connectivity index (χ2n) is 4.66. The van der Waals surface area contributed by atoms with E-state index in [1.54, 1.807) is 12.1 Å². The first-order valence-electron chi connectivity index (χ1n) is 5.67. The number of rotatable bonds is 5. The third-order valence-electron chi connectivity index (χ3n) is 2.35. The van der Waals surface area contributed by atoms with Crippen molar-refractivity contribution in [3.05, 3.63) is 46.1 Å². The largest absolute Gasteiger partial charge is 0.383 e. The number of hydrogen-bond donors (Lipinski definition) is 0. The van der Waals surface area contributed by atoms with Gasteiger partial charge in [-0.05, 0) is 37.4 Å². The lowest BCUT2D eigenvalue weighted by atomic mass is 10.1. The molecule has 0 aliphatic rings. The molecule has 18 heavy (non-hydrogen) atoms. The second kappa shape index (κ2) is 6.16. The third kappa shape index (κ3) is 4.18. The quantitative estimate of drug-likeness (QED) is 0.592. The molecule has 0 saturated carbocycles. The fourth-order valence-electron chi connectivity index (χ4n) is 1.66. The van der Waals surface area contributed by atoms with Crippen LogP contribution in [-0.2, 0) is 0 Å². The van der Waals surface area contributed by atoms with E-state index in [1.165, 1.54) is 12.1 Å². The van der Waals surface area contributed by atoms with Gasteiger partial charge in [0.2, 0.25) is 0 Å². The molecule has 5 heteroatoms. The van der Waals surface area contributed by atoms with Crippen molar-refractivity contribution in [1.82, 2.24) is 9.80 Å². The van der Waals surface area contributed by atoms with Crippen LogP contribution in [0.5, 0.6) is 0 Å². The average Bonchev–Trinajstić information content (AvgIpc) is 2.27. The van der Waals surface area contributed by atoms with Crippen LogP contribution in [0.1, 0.15) is 5.56 Å². The van der Waals surface area contributed by atoms with E-state index in [9.17, 15) is 10.1 Å². The number of nitro groups is 1. The van der Waals surface area contributed by atoms with Crippen molar-refractivity contribution >= 4 is 11.3 Å². The van der Waals surface area contributed by atoms with E-state index in [1.807, 2.05) is 39.3 Å². The zero-order chi connectivity index (χ0) is 13.7. The Morgan fingerprint density at radius 2 is 1.78 bits per heavy atom. The molecule has 1 aromatic rings. The van der Waals surface area contributed by atoms with Gasteiger partial charge in [-0.1, -0.05) is 0 Å². The number of nitrogens with zero attached hydrogens (tertiary/aromatic N) is 3. The predicted octanol–water partition coefficient (Wildman–Crippen LogP) is 2.06. The highest BCUT2D eigenvalue weighted by molar-refractivity contribution is 5.67. The molecule has 0 bridgehead atoms. The van der Waals surface area contributed by atoms with Crippen LogP contribution in [0.15, 0.2) is 30.5 Å². The standard InChI is InChI=1S/C13H19N3O2/c1-14(2)9-12(10-15(3)4)11-5-7-13(8-6-11)16(17)18/h5-9H,10H2,1-4H3/b12-9-. The summed E-state index contributed by atoms with van der Waals surface area (Å²) in [4.78, 5) is 14.3. The lowest BCUT2D eigenvalue weighted by Crippen LogP contribution is -2.16. The molecule has 5 nitrogen and oxygen atoms in total. The maximum absolute atomic E-state index is 10.6. The molecule has 1 rings (SSSR count). The van der Waals surface area contributed by atoms with Gasteiger partial charge in [-0.2, -0.15) is 0 Å². The highest BCUT2D eigenvalue weighted by atomic mass is 16.6. The average molecular weight is 249 g/mol. The molecule has 0 atom stereocenters. The lowest BCUT2D eigenvalue weighted by molar-refractivity contribution is -0.384. The Bertz CT molecular complexity index is 436. The minimum Gasteiger partial charge on any atom is -0.383 e. The fraction of sp³-hybridized carbons (Fsp3) is 0.385. The molecule has 0 N–H and O–H groups in total. The first-order chi connectivity index (χ1) is 8.40. The first-order valence-corrected chi connectivity index (χ1v) is 5.67. The summed E-state index contributed by atoms with van der Waals surface area (Å²) in [5, 5.41) is 10.6. The molecular formula is C13H19N3O2. The first kappa shape index (κ1) is 14.2. The Kier molecular flexibility index (Phi) is 4.85. The molecule has 0 heterocycles. The Hall–Kier alpha value is -1.88. The molecule has 0 amide bonds. The number of hydrogen-bond acceptors (Lipinski definition) is 4. The van der Waals surface area contributed by atoms with Crippen molar-refractivity contribution in [2.75, 3.05) is 34.7 Å². The van der Waals surface area contributed by atoms with Crippen molar-refractivity contribution in [1.29, 1.82) is 0 Å². The third-order valence-corrected chi connectivity index (χ3v) is 2.35. The summed E-state index contributed by atoms with van der Waals surface area (Å²) >= 11 is 0. The molecule has 98 valence electrons. The summed E-state index contributed by atoms with van der Waals surface area (Å²) in [6.45, 7) is 0.788. The van der Waals surface area contributed by atoms with Crippen molar-refractivity contribution in [2.45, 2.75) is 0 Å². The Balaban J connectivity index is 3.02. The van der Waals surface area contributed by atoms with Crippen molar-refractivity contribution in [2.24, 2.45) is 0 Å². The monoisotopic (exact) mass is 249 g/mol. The zero-order valence-electron chi connectivity index (χ0n) is 11.3. The summed E-state index contributed by atoms with van der Waals surface area (Å²) in [7, 11) is 7.91. The van der Waals surface area contributed by atoms with E-state index in [-0.39, 0.29) is 10.6 Å². The molecule has 0 aromatic heterocycles. The maximum Gasteiger partial charge on any atom is 0.269 e. The normalized spacial score (nSPS) is 11.7. The summed E-state index contributed by atoms with van der Waals surface area (Å²) < 4.78 is 0. The molecule has 0 aliphatic heterocycles. The Morgan fingerprint density at radius 1 is 1.22 bits per heavy atom. The number of non-ortho nitro benzene ring substituents is 1. The van der Waals surface area contributed by atoms with Crippen LogP contribution in [0, 0.1) is 10.1 Å². The van der Waals surface area contributed by atoms with E-state index in [2.05, 4.69) is 4.90 Å². The summed E-state index contributed by atoms with van der Waals surface area (Å²) in [5.41, 5.74) is 2.25. The molecule has 0 fully saturated rings. The van der Waals surface area contributed by atoms with Gasteiger partial charge in [-0.15, -0.1) is 0 Å². The van der Waals surface area contributed by atoms with Gasteiger partial charge in [0.15, 0.2) is 0 Å². The van der Waals surface area contributed by atoms with E-state index in [0.29, 0.717) is 0 Å². The molecule has 0 aliphatic carbocycles. The molecular weight excluding hydrogens is 230 g/mol. The molecule has 1 aromatic carbocycles. The Labute approximate surface area is 107 Å². The van der Waals surface area contributed by atoms with Gasteiger partial charge >= 0.3 is 0 Å². The van der Waals surface area contributed by atoms with Gasteiger partial charge in [0.1, 0.15) is 0 Å². The summed E-state index contributed by atoms with van der Waals surface area (Å²) in [5.74, 6) is 0. The molecule has 0 unspecified atom stereocenters. The molecule has 0 radical (unpaired) electrons. The number of nitro benzene ring substituents is 1. The minimum atomic E-state index is -0.384. The van der Waals surface area contributed by atoms with Crippen molar-refractivity contribution in [3.8, 4) is 0 Å². The van der Waals surface area contributed by atoms with Crippen LogP contribution in [-0.4, -0.2) is 49.5 Å². The SMILES string of the molecule is CN(C)/C=C(/CN(C)C)c1ccc([N+](=O)[O-])cc1.